The molecule has 0 aromatic heterocycles. The first kappa shape index (κ1) is 23.9. The van der Waals surface area contributed by atoms with Crippen molar-refractivity contribution in [3.63, 3.8) is 0 Å². The minimum Gasteiger partial charge on any atom is -0.496 e. The predicted molar refractivity (Wildman–Crippen MR) is 119 cm³/mol. The average Bonchev–Trinajstić information content (AvgIpc) is 2.81. The van der Waals surface area contributed by atoms with Gasteiger partial charge >= 0.3 is 17.9 Å². The first-order valence-electron chi connectivity index (χ1n) is 10.8. The van der Waals surface area contributed by atoms with Crippen LogP contribution in [-0.4, -0.2) is 48.8 Å². The van der Waals surface area contributed by atoms with E-state index in [0.29, 0.717) is 5.56 Å². The Hall–Kier alpha value is -4.21. The molecule has 4 rings (SSSR count). The highest BCUT2D eigenvalue weighted by molar-refractivity contribution is 6.32. The molecule has 0 spiro atoms. The van der Waals surface area contributed by atoms with Crippen LogP contribution < -0.4 is 18.9 Å². The van der Waals surface area contributed by atoms with Gasteiger partial charge in [-0.2, -0.15) is 0 Å². The van der Waals surface area contributed by atoms with Gasteiger partial charge in [0, 0.05) is 25.0 Å². The van der Waals surface area contributed by atoms with Gasteiger partial charge in [0.25, 0.3) is 0 Å². The van der Waals surface area contributed by atoms with Crippen LogP contribution in [0.3, 0.4) is 0 Å². The summed E-state index contributed by atoms with van der Waals surface area (Å²) in [6, 6.07) is 2.94. The highest BCUT2D eigenvalue weighted by atomic mass is 16.5. The number of ether oxygens (including phenoxy) is 4. The van der Waals surface area contributed by atoms with Crippen molar-refractivity contribution in [3.05, 3.63) is 45.5 Å². The lowest BCUT2D eigenvalue weighted by Crippen LogP contribution is -2.30. The molecule has 1 unspecified atom stereocenters. The SMILES string of the molecule is COc1ccc(OC)c2c1C(=O)c1c(OC(C)=O)c3c(c(OC(C)=O)c1C2=O)CC(C(=O)O)CC3. The molecule has 0 heterocycles. The number of benzene rings is 2. The summed E-state index contributed by atoms with van der Waals surface area (Å²) in [5, 5.41) is 9.60. The van der Waals surface area contributed by atoms with E-state index >= 15 is 0 Å². The molecule has 2 aliphatic rings. The van der Waals surface area contributed by atoms with Crippen LogP contribution in [0, 0.1) is 5.92 Å². The summed E-state index contributed by atoms with van der Waals surface area (Å²) in [5.74, 6) is -4.94. The number of carboxylic acid groups (broad SMARTS) is 1. The van der Waals surface area contributed by atoms with Crippen molar-refractivity contribution < 1.29 is 48.0 Å². The molecule has 35 heavy (non-hydrogen) atoms. The van der Waals surface area contributed by atoms with Gasteiger partial charge in [-0.15, -0.1) is 0 Å². The number of methoxy groups -OCH3 is 2. The lowest BCUT2D eigenvalue weighted by atomic mass is 9.75. The number of hydrogen-bond acceptors (Lipinski definition) is 9. The van der Waals surface area contributed by atoms with Gasteiger partial charge in [-0.3, -0.25) is 24.0 Å². The molecular formula is C25H22O10. The topological polar surface area (TPSA) is 142 Å². The summed E-state index contributed by atoms with van der Waals surface area (Å²) in [7, 11) is 2.67. The van der Waals surface area contributed by atoms with Crippen molar-refractivity contribution in [2.24, 2.45) is 5.92 Å². The summed E-state index contributed by atoms with van der Waals surface area (Å²) in [6.45, 7) is 2.28. The van der Waals surface area contributed by atoms with Gasteiger partial charge < -0.3 is 24.1 Å². The van der Waals surface area contributed by atoms with Crippen LogP contribution in [0.25, 0.3) is 0 Å². The Bertz CT molecular complexity index is 1320. The van der Waals surface area contributed by atoms with Crippen LogP contribution in [-0.2, 0) is 27.2 Å². The number of esters is 2. The molecule has 2 aromatic carbocycles. The standard InChI is InChI=1S/C25H22O10/c1-10(26)34-23-13-6-5-12(25(30)31)9-14(13)24(35-11(2)27)20-19(23)21(28)17-15(32-3)7-8-16(33-4)18(17)22(20)29/h7-8,12H,5-6,9H2,1-4H3,(H,30,31). The number of hydrogen-bond donors (Lipinski definition) is 1. The number of carboxylic acids is 1. The molecule has 2 aliphatic carbocycles. The number of rotatable bonds is 5. The monoisotopic (exact) mass is 482 g/mol. The summed E-state index contributed by atoms with van der Waals surface area (Å²) in [5.41, 5.74) is -0.124. The molecule has 10 heteroatoms. The zero-order valence-electron chi connectivity index (χ0n) is 19.5. The van der Waals surface area contributed by atoms with Crippen LogP contribution >= 0.6 is 0 Å². The second kappa shape index (κ2) is 8.86. The molecule has 10 nitrogen and oxygen atoms in total. The Morgan fingerprint density at radius 2 is 1.26 bits per heavy atom. The summed E-state index contributed by atoms with van der Waals surface area (Å²) < 4.78 is 21.6. The molecular weight excluding hydrogens is 460 g/mol. The van der Waals surface area contributed by atoms with Crippen LogP contribution in [0.1, 0.15) is 63.2 Å². The molecule has 0 saturated heterocycles. The van der Waals surface area contributed by atoms with Gasteiger partial charge in [-0.1, -0.05) is 0 Å². The van der Waals surface area contributed by atoms with Crippen molar-refractivity contribution in [1.29, 1.82) is 0 Å². The lowest BCUT2D eigenvalue weighted by Gasteiger charge is -2.31. The fourth-order valence-corrected chi connectivity index (χ4v) is 4.71. The number of ketones is 2. The van der Waals surface area contributed by atoms with Gasteiger partial charge in [0.2, 0.25) is 11.6 Å². The zero-order valence-corrected chi connectivity index (χ0v) is 19.5. The molecule has 0 saturated carbocycles. The van der Waals surface area contributed by atoms with E-state index in [2.05, 4.69) is 0 Å². The van der Waals surface area contributed by atoms with E-state index in [1.54, 1.807) is 0 Å². The summed E-state index contributed by atoms with van der Waals surface area (Å²) in [4.78, 5) is 63.6. The van der Waals surface area contributed by atoms with E-state index in [-0.39, 0.29) is 70.1 Å². The molecule has 0 fully saturated rings. The largest absolute Gasteiger partial charge is 0.496 e. The normalized spacial score (nSPS) is 15.9. The van der Waals surface area contributed by atoms with Crippen LogP contribution in [0.15, 0.2) is 12.1 Å². The van der Waals surface area contributed by atoms with Gasteiger partial charge in [-0.25, -0.2) is 0 Å². The third-order valence-corrected chi connectivity index (χ3v) is 6.13. The summed E-state index contributed by atoms with van der Waals surface area (Å²) in [6.07, 6.45) is 0.239. The Morgan fingerprint density at radius 1 is 0.800 bits per heavy atom. The third-order valence-electron chi connectivity index (χ3n) is 6.13. The third kappa shape index (κ3) is 3.80. The first-order chi connectivity index (χ1) is 16.6. The molecule has 182 valence electrons. The summed E-state index contributed by atoms with van der Waals surface area (Å²) >= 11 is 0. The van der Waals surface area contributed by atoms with E-state index in [1.807, 2.05) is 0 Å². The Labute approximate surface area is 199 Å². The highest BCUT2D eigenvalue weighted by Gasteiger charge is 2.44. The predicted octanol–water partition coefficient (Wildman–Crippen LogP) is 2.52. The first-order valence-corrected chi connectivity index (χ1v) is 10.8. The molecule has 0 bridgehead atoms. The fourth-order valence-electron chi connectivity index (χ4n) is 4.71. The van der Waals surface area contributed by atoms with Crippen molar-refractivity contribution in [1.82, 2.24) is 0 Å². The number of carbonyl (C=O) groups is 5. The molecule has 0 amide bonds. The minimum atomic E-state index is -1.06. The number of aliphatic carboxylic acids is 1. The second-order valence-electron chi connectivity index (χ2n) is 8.21. The second-order valence-corrected chi connectivity index (χ2v) is 8.21. The van der Waals surface area contributed by atoms with Crippen LogP contribution in [0.4, 0.5) is 0 Å². The Kier molecular flexibility index (Phi) is 6.06. The fraction of sp³-hybridized carbons (Fsp3) is 0.320. The maximum atomic E-state index is 13.9. The van der Waals surface area contributed by atoms with Crippen molar-refractivity contribution >= 4 is 29.5 Å². The molecule has 2 aromatic rings. The zero-order chi connectivity index (χ0) is 25.6. The minimum absolute atomic E-state index is 0.0781. The number of fused-ring (bicyclic) bond motifs is 3. The Morgan fingerprint density at radius 3 is 1.66 bits per heavy atom. The number of carbonyl (C=O) groups excluding carboxylic acids is 4. The molecule has 0 radical (unpaired) electrons. The maximum Gasteiger partial charge on any atom is 0.308 e. The average molecular weight is 482 g/mol. The van der Waals surface area contributed by atoms with Crippen molar-refractivity contribution in [2.75, 3.05) is 14.2 Å². The quantitative estimate of drug-likeness (QED) is 0.426. The molecule has 1 atom stereocenters. The Balaban J connectivity index is 2.14. The van der Waals surface area contributed by atoms with E-state index in [0.717, 1.165) is 13.8 Å². The lowest BCUT2D eigenvalue weighted by molar-refractivity contribution is -0.142. The van der Waals surface area contributed by atoms with E-state index in [4.69, 9.17) is 18.9 Å². The highest BCUT2D eigenvalue weighted by Crippen LogP contribution is 2.50. The smallest absolute Gasteiger partial charge is 0.308 e. The van der Waals surface area contributed by atoms with E-state index < -0.39 is 35.4 Å². The molecule has 0 aliphatic heterocycles. The van der Waals surface area contributed by atoms with Crippen molar-refractivity contribution in [3.8, 4) is 23.0 Å². The van der Waals surface area contributed by atoms with Crippen LogP contribution in [0.5, 0.6) is 23.0 Å². The molecule has 1 N–H and O–H groups in total. The van der Waals surface area contributed by atoms with E-state index in [9.17, 15) is 29.1 Å². The van der Waals surface area contributed by atoms with Gasteiger partial charge in [0.15, 0.2) is 0 Å². The van der Waals surface area contributed by atoms with Gasteiger partial charge in [-0.05, 0) is 31.4 Å². The van der Waals surface area contributed by atoms with Crippen LogP contribution in [0.2, 0.25) is 0 Å². The van der Waals surface area contributed by atoms with Crippen molar-refractivity contribution in [2.45, 2.75) is 33.1 Å². The maximum absolute atomic E-state index is 13.9. The van der Waals surface area contributed by atoms with Gasteiger partial charge in [0.1, 0.15) is 23.0 Å². The van der Waals surface area contributed by atoms with E-state index in [1.165, 1.54) is 26.4 Å². The van der Waals surface area contributed by atoms with Gasteiger partial charge in [0.05, 0.1) is 42.4 Å².